The fraction of sp³-hybridized carbons (Fsp3) is 0.0833. The zero-order chi connectivity index (χ0) is 13.6. The molecule has 2 heterocycles. The van der Waals surface area contributed by atoms with E-state index in [1.54, 1.807) is 12.3 Å². The maximum atomic E-state index is 12.6. The molecule has 2 aromatic heterocycles. The Balaban J connectivity index is 2.15. The van der Waals surface area contributed by atoms with E-state index in [1.807, 2.05) is 0 Å². The van der Waals surface area contributed by atoms with Gasteiger partial charge in [0, 0.05) is 28.7 Å². The molecule has 0 aliphatic carbocycles. The van der Waals surface area contributed by atoms with Crippen LogP contribution in [0.15, 0.2) is 30.5 Å². The number of benzene rings is 1. The number of nitrogens with one attached hydrogen (secondary N) is 2. The molecule has 3 aromatic rings. The minimum atomic E-state index is -4.35. The van der Waals surface area contributed by atoms with Crippen LogP contribution in [0.1, 0.15) is 5.56 Å². The first-order valence-corrected chi connectivity index (χ1v) is 5.45. The van der Waals surface area contributed by atoms with Crippen molar-refractivity contribution < 1.29 is 13.2 Å². The van der Waals surface area contributed by atoms with E-state index < -0.39 is 11.7 Å². The quantitative estimate of drug-likeness (QED) is 0.633. The minimum Gasteiger partial charge on any atom is -0.382 e. The van der Waals surface area contributed by atoms with Gasteiger partial charge in [0.15, 0.2) is 0 Å². The number of alkyl halides is 3. The monoisotopic (exact) mass is 266 g/mol. The Hall–Kier alpha value is -2.44. The molecule has 0 unspecified atom stereocenters. The number of aromatic nitrogens is 3. The fourth-order valence-corrected chi connectivity index (χ4v) is 2.00. The molecule has 0 aliphatic heterocycles. The van der Waals surface area contributed by atoms with Gasteiger partial charge in [-0.2, -0.15) is 18.3 Å². The zero-order valence-electron chi connectivity index (χ0n) is 9.55. The number of nitrogen functional groups attached to an aromatic ring is 1. The second-order valence-electron chi connectivity index (χ2n) is 4.17. The van der Waals surface area contributed by atoms with E-state index in [2.05, 4.69) is 15.2 Å². The highest BCUT2D eigenvalue weighted by atomic mass is 19.4. The summed E-state index contributed by atoms with van der Waals surface area (Å²) in [5.74, 6) is 0.330. The lowest BCUT2D eigenvalue weighted by atomic mass is 10.1. The Kier molecular flexibility index (Phi) is 2.31. The molecule has 0 spiro atoms. The lowest BCUT2D eigenvalue weighted by molar-refractivity contribution is -0.137. The summed E-state index contributed by atoms with van der Waals surface area (Å²) in [4.78, 5) is 2.82. The van der Waals surface area contributed by atoms with Crippen LogP contribution in [0.3, 0.4) is 0 Å². The van der Waals surface area contributed by atoms with Crippen LogP contribution in [0, 0.1) is 0 Å². The summed E-state index contributed by atoms with van der Waals surface area (Å²) in [6.07, 6.45) is -2.73. The fourth-order valence-electron chi connectivity index (χ4n) is 2.00. The molecule has 4 N–H and O–H groups in total. The van der Waals surface area contributed by atoms with Gasteiger partial charge in [-0.05, 0) is 12.1 Å². The Labute approximate surface area is 105 Å². The van der Waals surface area contributed by atoms with E-state index >= 15 is 0 Å². The molecule has 0 fully saturated rings. The third-order valence-corrected chi connectivity index (χ3v) is 2.90. The molecular formula is C12H9F3N4. The van der Waals surface area contributed by atoms with Crippen LogP contribution in [0.5, 0.6) is 0 Å². The van der Waals surface area contributed by atoms with Gasteiger partial charge in [-0.3, -0.25) is 5.10 Å². The predicted molar refractivity (Wildman–Crippen MR) is 65.3 cm³/mol. The molecule has 0 radical (unpaired) electrons. The van der Waals surface area contributed by atoms with Crippen molar-refractivity contribution in [2.75, 3.05) is 5.73 Å². The van der Waals surface area contributed by atoms with Gasteiger partial charge >= 0.3 is 6.18 Å². The van der Waals surface area contributed by atoms with Gasteiger partial charge in [0.05, 0.1) is 11.3 Å². The van der Waals surface area contributed by atoms with E-state index in [0.29, 0.717) is 22.4 Å². The van der Waals surface area contributed by atoms with Gasteiger partial charge in [-0.1, -0.05) is 6.07 Å². The molecule has 0 amide bonds. The van der Waals surface area contributed by atoms with Crippen molar-refractivity contribution >= 4 is 16.7 Å². The largest absolute Gasteiger partial charge is 0.416 e. The number of halogens is 3. The van der Waals surface area contributed by atoms with Gasteiger partial charge in [-0.15, -0.1) is 0 Å². The number of H-pyrrole nitrogens is 2. The van der Waals surface area contributed by atoms with Crippen LogP contribution < -0.4 is 5.73 Å². The number of fused-ring (bicyclic) bond motifs is 1. The van der Waals surface area contributed by atoms with Crippen molar-refractivity contribution in [3.63, 3.8) is 0 Å². The molecular weight excluding hydrogens is 257 g/mol. The first-order chi connectivity index (χ1) is 8.95. The molecule has 7 heteroatoms. The summed E-state index contributed by atoms with van der Waals surface area (Å²) >= 11 is 0. The Morgan fingerprint density at radius 1 is 1.16 bits per heavy atom. The molecule has 0 atom stereocenters. The average molecular weight is 266 g/mol. The topological polar surface area (TPSA) is 70.5 Å². The first-order valence-electron chi connectivity index (χ1n) is 5.45. The first kappa shape index (κ1) is 11.6. The third kappa shape index (κ3) is 1.92. The smallest absolute Gasteiger partial charge is 0.382 e. The van der Waals surface area contributed by atoms with Gasteiger partial charge < -0.3 is 10.7 Å². The normalized spacial score (nSPS) is 12.2. The van der Waals surface area contributed by atoms with Gasteiger partial charge in [0.1, 0.15) is 5.82 Å². The number of nitrogens with zero attached hydrogens (tertiary/aromatic N) is 1. The van der Waals surface area contributed by atoms with Crippen LogP contribution in [0.25, 0.3) is 22.2 Å². The molecule has 0 aliphatic rings. The van der Waals surface area contributed by atoms with Crippen molar-refractivity contribution in [1.29, 1.82) is 0 Å². The van der Waals surface area contributed by atoms with Crippen LogP contribution in [0.2, 0.25) is 0 Å². The summed E-state index contributed by atoms with van der Waals surface area (Å²) in [7, 11) is 0. The van der Waals surface area contributed by atoms with Crippen molar-refractivity contribution in [2.24, 2.45) is 0 Å². The number of hydrogen-bond acceptors (Lipinski definition) is 2. The molecule has 4 nitrogen and oxygen atoms in total. The Bertz CT molecular complexity index is 739. The molecule has 0 saturated carbocycles. The highest BCUT2D eigenvalue weighted by Gasteiger charge is 2.30. The number of hydrogen-bond donors (Lipinski definition) is 3. The van der Waals surface area contributed by atoms with E-state index in [9.17, 15) is 13.2 Å². The lowest BCUT2D eigenvalue weighted by Gasteiger charge is -2.06. The van der Waals surface area contributed by atoms with Crippen LogP contribution in [-0.2, 0) is 6.18 Å². The van der Waals surface area contributed by atoms with Crippen LogP contribution in [-0.4, -0.2) is 15.2 Å². The highest BCUT2D eigenvalue weighted by Crippen LogP contribution is 2.34. The average Bonchev–Trinajstić information content (AvgIpc) is 2.92. The standard InChI is InChI=1S/C12H9F3N4/c13-12(14,15)6-1-2-7-8(5-17-9(7)3-6)10-4-11(16)19-18-10/h1-5,17H,(H3,16,18,19). The van der Waals surface area contributed by atoms with Gasteiger partial charge in [0.2, 0.25) is 0 Å². The zero-order valence-corrected chi connectivity index (χ0v) is 9.55. The molecule has 3 rings (SSSR count). The van der Waals surface area contributed by atoms with Crippen LogP contribution >= 0.6 is 0 Å². The molecule has 19 heavy (non-hydrogen) atoms. The predicted octanol–water partition coefficient (Wildman–Crippen LogP) is 3.16. The molecule has 0 saturated heterocycles. The van der Waals surface area contributed by atoms with Crippen molar-refractivity contribution in [3.05, 3.63) is 36.0 Å². The molecule has 98 valence electrons. The third-order valence-electron chi connectivity index (χ3n) is 2.90. The summed E-state index contributed by atoms with van der Waals surface area (Å²) in [6, 6.07) is 5.19. The van der Waals surface area contributed by atoms with Crippen molar-refractivity contribution in [1.82, 2.24) is 15.2 Å². The van der Waals surface area contributed by atoms with E-state index in [4.69, 9.17) is 5.73 Å². The highest BCUT2D eigenvalue weighted by molar-refractivity contribution is 5.95. The number of nitrogens with two attached hydrogens (primary N) is 1. The summed E-state index contributed by atoms with van der Waals surface area (Å²) in [5, 5.41) is 7.20. The Morgan fingerprint density at radius 2 is 1.95 bits per heavy atom. The minimum absolute atomic E-state index is 0.330. The second kappa shape index (κ2) is 3.78. The molecule has 0 bridgehead atoms. The van der Waals surface area contributed by atoms with Gasteiger partial charge in [0.25, 0.3) is 0 Å². The Morgan fingerprint density at radius 3 is 2.58 bits per heavy atom. The lowest BCUT2D eigenvalue weighted by Crippen LogP contribution is -2.04. The SMILES string of the molecule is Nc1cc(-c2c[nH]c3cc(C(F)(F)F)ccc23)[nH]n1. The van der Waals surface area contributed by atoms with Crippen LogP contribution in [0.4, 0.5) is 19.0 Å². The maximum absolute atomic E-state index is 12.6. The maximum Gasteiger partial charge on any atom is 0.416 e. The van der Waals surface area contributed by atoms with Gasteiger partial charge in [-0.25, -0.2) is 0 Å². The summed E-state index contributed by atoms with van der Waals surface area (Å²) in [5.41, 5.74) is 6.63. The van der Waals surface area contributed by atoms with Crippen molar-refractivity contribution in [2.45, 2.75) is 6.18 Å². The van der Waals surface area contributed by atoms with E-state index in [1.165, 1.54) is 6.07 Å². The van der Waals surface area contributed by atoms with E-state index in [0.717, 1.165) is 17.7 Å². The van der Waals surface area contributed by atoms with Crippen molar-refractivity contribution in [3.8, 4) is 11.3 Å². The summed E-state index contributed by atoms with van der Waals surface area (Å²) < 4.78 is 37.8. The van der Waals surface area contributed by atoms with E-state index in [-0.39, 0.29) is 0 Å². The summed E-state index contributed by atoms with van der Waals surface area (Å²) in [6.45, 7) is 0. The second-order valence-corrected chi connectivity index (χ2v) is 4.17. The number of anilines is 1. The number of rotatable bonds is 1. The molecule has 1 aromatic carbocycles. The number of aromatic amines is 2.